The van der Waals surface area contributed by atoms with Crippen molar-refractivity contribution < 1.29 is 17.9 Å². The van der Waals surface area contributed by atoms with Gasteiger partial charge in [0.05, 0.1) is 23.6 Å². The van der Waals surface area contributed by atoms with Crippen LogP contribution >= 0.6 is 0 Å². The zero-order chi connectivity index (χ0) is 22.7. The largest absolute Gasteiger partial charge is 0.497 e. The lowest BCUT2D eigenvalue weighted by Crippen LogP contribution is -2.44. The van der Waals surface area contributed by atoms with Gasteiger partial charge in [0, 0.05) is 25.6 Å². The molecule has 0 aromatic heterocycles. The summed E-state index contributed by atoms with van der Waals surface area (Å²) in [6.45, 7) is 1.28. The zero-order valence-electron chi connectivity index (χ0n) is 18.1. The van der Waals surface area contributed by atoms with Gasteiger partial charge in [0.2, 0.25) is 15.9 Å². The predicted octanol–water partition coefficient (Wildman–Crippen LogP) is 3.33. The van der Waals surface area contributed by atoms with E-state index >= 15 is 0 Å². The van der Waals surface area contributed by atoms with E-state index in [1.807, 2.05) is 35.2 Å². The zero-order valence-corrected chi connectivity index (χ0v) is 18.9. The number of rotatable bonds is 5. The number of hydrogen-bond acceptors (Lipinski definition) is 5. The third-order valence-corrected chi connectivity index (χ3v) is 8.42. The fourth-order valence-corrected chi connectivity index (χ4v) is 6.32. The van der Waals surface area contributed by atoms with Gasteiger partial charge in [0.15, 0.2) is 0 Å². The van der Waals surface area contributed by atoms with E-state index in [9.17, 15) is 18.5 Å². The monoisotopic (exact) mass is 453 g/mol. The van der Waals surface area contributed by atoms with E-state index in [1.165, 1.54) is 16.4 Å². The normalized spacial score (nSPS) is 20.1. The molecule has 0 aliphatic carbocycles. The second kappa shape index (κ2) is 9.31. The fraction of sp³-hybridized carbons (Fsp3) is 0.417. The molecule has 168 valence electrons. The van der Waals surface area contributed by atoms with Crippen LogP contribution in [0.3, 0.4) is 0 Å². The summed E-state index contributed by atoms with van der Waals surface area (Å²) in [6.07, 6.45) is 2.86. The topological polar surface area (TPSA) is 90.7 Å². The van der Waals surface area contributed by atoms with Gasteiger partial charge in [-0.25, -0.2) is 8.42 Å². The van der Waals surface area contributed by atoms with Crippen molar-refractivity contribution in [3.63, 3.8) is 0 Å². The Kier molecular flexibility index (Phi) is 6.49. The van der Waals surface area contributed by atoms with E-state index in [4.69, 9.17) is 4.74 Å². The molecule has 0 unspecified atom stereocenters. The molecule has 2 heterocycles. The summed E-state index contributed by atoms with van der Waals surface area (Å²) in [6, 6.07) is 16.1. The van der Waals surface area contributed by atoms with E-state index in [0.29, 0.717) is 12.8 Å². The Balaban J connectivity index is 1.43. The first-order valence-corrected chi connectivity index (χ1v) is 12.3. The van der Waals surface area contributed by atoms with Crippen molar-refractivity contribution in [2.24, 2.45) is 5.92 Å². The first-order chi connectivity index (χ1) is 15.5. The molecule has 0 saturated carbocycles. The number of carbonyl (C=O) groups is 1. The molecule has 8 heteroatoms. The quantitative estimate of drug-likeness (QED) is 0.693. The average Bonchev–Trinajstić information content (AvgIpc) is 3.33. The maximum atomic E-state index is 13.3. The van der Waals surface area contributed by atoms with Gasteiger partial charge in [-0.05, 0) is 55.5 Å². The number of ether oxygens (including phenoxy) is 1. The highest BCUT2D eigenvalue weighted by Crippen LogP contribution is 2.36. The maximum absolute atomic E-state index is 13.3. The van der Waals surface area contributed by atoms with Crippen LogP contribution in [0.25, 0.3) is 0 Å². The number of nitrogens with zero attached hydrogens (tertiary/aromatic N) is 3. The molecule has 2 aliphatic rings. The standard InChI is InChI=1S/C24H27N3O4S/c1-31-21-10-8-18(9-11-21)22-6-4-14-27(22)24(28)19-12-15-26(16-13-19)32(29,30)23-7-3-2-5-20(23)17-25/h2-3,5,7-11,19,22H,4,6,12-16H2,1H3/t22-/m1/s1. The van der Waals surface area contributed by atoms with Crippen LogP contribution in [-0.4, -0.2) is 50.3 Å². The van der Waals surface area contributed by atoms with Crippen LogP contribution in [0.15, 0.2) is 53.4 Å². The van der Waals surface area contributed by atoms with Crippen LogP contribution < -0.4 is 4.74 Å². The minimum atomic E-state index is -3.76. The van der Waals surface area contributed by atoms with Crippen molar-refractivity contribution in [1.29, 1.82) is 5.26 Å². The lowest BCUT2D eigenvalue weighted by molar-refractivity contribution is -0.137. The third-order valence-electron chi connectivity index (χ3n) is 6.46. The molecule has 1 atom stereocenters. The lowest BCUT2D eigenvalue weighted by atomic mass is 9.95. The average molecular weight is 454 g/mol. The number of amides is 1. The molecule has 2 fully saturated rings. The van der Waals surface area contributed by atoms with Crippen LogP contribution in [0.4, 0.5) is 0 Å². The number of nitriles is 1. The van der Waals surface area contributed by atoms with Gasteiger partial charge >= 0.3 is 0 Å². The van der Waals surface area contributed by atoms with Gasteiger partial charge in [-0.3, -0.25) is 4.79 Å². The number of piperidine rings is 1. The van der Waals surface area contributed by atoms with Gasteiger partial charge in [0.1, 0.15) is 11.8 Å². The van der Waals surface area contributed by atoms with Gasteiger partial charge in [0.25, 0.3) is 0 Å². The molecule has 2 aliphatic heterocycles. The van der Waals surface area contributed by atoms with Crippen LogP contribution in [0.2, 0.25) is 0 Å². The summed E-state index contributed by atoms with van der Waals surface area (Å²) in [5, 5.41) is 9.27. The molecule has 0 bridgehead atoms. The smallest absolute Gasteiger partial charge is 0.244 e. The summed E-state index contributed by atoms with van der Waals surface area (Å²) in [7, 11) is -2.13. The number of sulfonamides is 1. The second-order valence-corrected chi connectivity index (χ2v) is 10.2. The van der Waals surface area contributed by atoms with Crippen LogP contribution in [0.5, 0.6) is 5.75 Å². The summed E-state index contributed by atoms with van der Waals surface area (Å²) in [5.74, 6) is 0.709. The van der Waals surface area contributed by atoms with E-state index in [1.54, 1.807) is 19.2 Å². The number of likely N-dealkylation sites (tertiary alicyclic amines) is 1. The first kappa shape index (κ1) is 22.3. The molecule has 1 amide bonds. The molecule has 7 nitrogen and oxygen atoms in total. The maximum Gasteiger partial charge on any atom is 0.244 e. The molecule has 0 spiro atoms. The minimum Gasteiger partial charge on any atom is -0.497 e. The first-order valence-electron chi connectivity index (χ1n) is 10.9. The van der Waals surface area contributed by atoms with Crippen LogP contribution in [0, 0.1) is 17.2 Å². The predicted molar refractivity (Wildman–Crippen MR) is 119 cm³/mol. The molecule has 4 rings (SSSR count). The molecular weight excluding hydrogens is 426 g/mol. The summed E-state index contributed by atoms with van der Waals surface area (Å²) in [5.41, 5.74) is 1.25. The Morgan fingerprint density at radius 3 is 2.38 bits per heavy atom. The Labute approximate surface area is 189 Å². The highest BCUT2D eigenvalue weighted by atomic mass is 32.2. The third kappa shape index (κ3) is 4.23. The Morgan fingerprint density at radius 1 is 1.03 bits per heavy atom. The van der Waals surface area contributed by atoms with Crippen molar-refractivity contribution in [2.75, 3.05) is 26.7 Å². The SMILES string of the molecule is COc1ccc([C@H]2CCCN2C(=O)C2CCN(S(=O)(=O)c3ccccc3C#N)CC2)cc1. The number of hydrogen-bond donors (Lipinski definition) is 0. The minimum absolute atomic E-state index is 0.0337. The van der Waals surface area contributed by atoms with Crippen molar-refractivity contribution in [1.82, 2.24) is 9.21 Å². The molecular formula is C24H27N3O4S. The van der Waals surface area contributed by atoms with E-state index in [-0.39, 0.29) is 41.4 Å². The molecule has 2 saturated heterocycles. The summed E-state index contributed by atoms with van der Waals surface area (Å²) >= 11 is 0. The highest BCUT2D eigenvalue weighted by Gasteiger charge is 2.38. The molecule has 0 N–H and O–H groups in total. The molecule has 32 heavy (non-hydrogen) atoms. The highest BCUT2D eigenvalue weighted by molar-refractivity contribution is 7.89. The van der Waals surface area contributed by atoms with Gasteiger partial charge in [-0.1, -0.05) is 24.3 Å². The number of carbonyl (C=O) groups excluding carboxylic acids is 1. The second-order valence-electron chi connectivity index (χ2n) is 8.25. The Bertz CT molecular complexity index is 1120. The number of benzene rings is 2. The van der Waals surface area contributed by atoms with E-state index in [0.717, 1.165) is 30.7 Å². The van der Waals surface area contributed by atoms with Gasteiger partial charge in [-0.2, -0.15) is 9.57 Å². The fourth-order valence-electron chi connectivity index (χ4n) is 4.70. The molecule has 2 aromatic carbocycles. The van der Waals surface area contributed by atoms with Crippen molar-refractivity contribution in [3.05, 3.63) is 59.7 Å². The Morgan fingerprint density at radius 2 is 1.72 bits per heavy atom. The van der Waals surface area contributed by atoms with Crippen molar-refractivity contribution >= 4 is 15.9 Å². The summed E-state index contributed by atoms with van der Waals surface area (Å²) < 4.78 is 32.8. The van der Waals surface area contributed by atoms with E-state index in [2.05, 4.69) is 0 Å². The molecule has 0 radical (unpaired) electrons. The Hall–Kier alpha value is -2.89. The van der Waals surface area contributed by atoms with Crippen LogP contribution in [0.1, 0.15) is 42.9 Å². The molecule has 2 aromatic rings. The van der Waals surface area contributed by atoms with Crippen molar-refractivity contribution in [2.45, 2.75) is 36.6 Å². The number of methoxy groups -OCH3 is 1. The van der Waals surface area contributed by atoms with Gasteiger partial charge < -0.3 is 9.64 Å². The van der Waals surface area contributed by atoms with E-state index < -0.39 is 10.0 Å². The van der Waals surface area contributed by atoms with Crippen LogP contribution in [-0.2, 0) is 14.8 Å². The summed E-state index contributed by atoms with van der Waals surface area (Å²) in [4.78, 5) is 15.3. The van der Waals surface area contributed by atoms with Gasteiger partial charge in [-0.15, -0.1) is 0 Å². The van der Waals surface area contributed by atoms with Crippen molar-refractivity contribution in [3.8, 4) is 11.8 Å². The lowest BCUT2D eigenvalue weighted by Gasteiger charge is -2.34.